The fourth-order valence-corrected chi connectivity index (χ4v) is 2.36. The van der Waals surface area contributed by atoms with Gasteiger partial charge in [-0.3, -0.25) is 0 Å². The second-order valence-corrected chi connectivity index (χ2v) is 5.49. The highest BCUT2D eigenvalue weighted by atomic mass is 16.5. The van der Waals surface area contributed by atoms with Crippen LogP contribution in [0.3, 0.4) is 0 Å². The van der Waals surface area contributed by atoms with Gasteiger partial charge in [-0.05, 0) is 17.7 Å². The fraction of sp³-hybridized carbons (Fsp3) is 0.200. The average Bonchev–Trinajstić information content (AvgIpc) is 3.01. The van der Waals surface area contributed by atoms with E-state index in [0.717, 1.165) is 16.7 Å². The number of amides is 1. The smallest absolute Gasteiger partial charge is 0.407 e. The van der Waals surface area contributed by atoms with Crippen molar-refractivity contribution in [3.63, 3.8) is 0 Å². The Bertz CT molecular complexity index is 834. The second kappa shape index (κ2) is 8.02. The van der Waals surface area contributed by atoms with Crippen LogP contribution in [0.2, 0.25) is 0 Å². The maximum atomic E-state index is 11.6. The summed E-state index contributed by atoms with van der Waals surface area (Å²) in [6.45, 7) is 0.966. The lowest BCUT2D eigenvalue weighted by atomic mass is 10.1. The van der Waals surface area contributed by atoms with Crippen LogP contribution in [-0.4, -0.2) is 18.6 Å². The number of benzene rings is 2. The summed E-state index contributed by atoms with van der Waals surface area (Å²) >= 11 is 0. The zero-order chi connectivity index (χ0) is 17.5. The molecule has 0 saturated heterocycles. The van der Waals surface area contributed by atoms with Crippen molar-refractivity contribution in [2.75, 3.05) is 6.54 Å². The van der Waals surface area contributed by atoms with Crippen LogP contribution in [0.25, 0.3) is 0 Å². The first kappa shape index (κ1) is 16.6. The highest BCUT2D eigenvalue weighted by Crippen LogP contribution is 2.20. The van der Waals surface area contributed by atoms with E-state index in [1.54, 1.807) is 6.07 Å². The summed E-state index contributed by atoms with van der Waals surface area (Å²) in [5, 5.41) is 2.65. The monoisotopic (exact) mass is 335 g/mol. The maximum Gasteiger partial charge on any atom is 0.407 e. The van der Waals surface area contributed by atoms with Crippen LogP contribution in [0.5, 0.6) is 0 Å². The summed E-state index contributed by atoms with van der Waals surface area (Å²) < 4.78 is 10.1. The third kappa shape index (κ3) is 4.61. The fourth-order valence-electron chi connectivity index (χ4n) is 2.36. The molecular weight excluding hydrogens is 318 g/mol. The summed E-state index contributed by atoms with van der Waals surface area (Å²) in [6.07, 6.45) is 0.0213. The van der Waals surface area contributed by atoms with Crippen molar-refractivity contribution >= 4 is 12.1 Å². The Labute approximate surface area is 146 Å². The van der Waals surface area contributed by atoms with E-state index >= 15 is 0 Å². The number of alkyl carbamates (subject to hydrolysis) is 1. The molecule has 1 aliphatic rings. The number of esters is 1. The lowest BCUT2D eigenvalue weighted by molar-refractivity contribution is 0.0535. The van der Waals surface area contributed by atoms with Crippen molar-refractivity contribution in [2.24, 2.45) is 0 Å². The highest BCUT2D eigenvalue weighted by molar-refractivity contribution is 5.93. The Hall–Kier alpha value is -3.26. The van der Waals surface area contributed by atoms with Crippen molar-refractivity contribution in [3.05, 3.63) is 70.8 Å². The number of fused-ring (bicyclic) bond motifs is 1. The van der Waals surface area contributed by atoms with E-state index in [9.17, 15) is 9.59 Å². The minimum absolute atomic E-state index is 0.240. The number of carbonyl (C=O) groups excluding carboxylic acids is 2. The zero-order valence-electron chi connectivity index (χ0n) is 13.6. The molecule has 2 aromatic rings. The van der Waals surface area contributed by atoms with Gasteiger partial charge in [-0.1, -0.05) is 48.2 Å². The molecule has 126 valence electrons. The van der Waals surface area contributed by atoms with E-state index in [-0.39, 0.29) is 12.6 Å². The van der Waals surface area contributed by atoms with Gasteiger partial charge in [0, 0.05) is 24.1 Å². The molecule has 0 radical (unpaired) electrons. The zero-order valence-corrected chi connectivity index (χ0v) is 13.6. The van der Waals surface area contributed by atoms with E-state index in [2.05, 4.69) is 17.2 Å². The molecule has 0 fully saturated rings. The van der Waals surface area contributed by atoms with Gasteiger partial charge < -0.3 is 14.8 Å². The van der Waals surface area contributed by atoms with Crippen molar-refractivity contribution in [1.82, 2.24) is 5.32 Å². The normalized spacial score (nSPS) is 11.8. The number of carbonyl (C=O) groups is 2. The number of ether oxygens (including phenoxy) is 2. The van der Waals surface area contributed by atoms with Gasteiger partial charge in [0.2, 0.25) is 0 Å². The Morgan fingerprint density at radius 2 is 2.04 bits per heavy atom. The van der Waals surface area contributed by atoms with Gasteiger partial charge in [-0.15, -0.1) is 0 Å². The standard InChI is InChI=1S/C20H17NO4/c22-19-18-12-15(9-10-17(18)14-24-19)6-4-5-11-21-20(23)25-13-16-7-2-1-3-8-16/h1-3,7-10,12H,5,11,13-14H2,(H,21,23). The summed E-state index contributed by atoms with van der Waals surface area (Å²) in [5.41, 5.74) is 3.16. The summed E-state index contributed by atoms with van der Waals surface area (Å²) in [6, 6.07) is 14.9. The van der Waals surface area contributed by atoms with Gasteiger partial charge in [-0.25, -0.2) is 9.59 Å². The van der Waals surface area contributed by atoms with Crippen LogP contribution in [-0.2, 0) is 22.7 Å². The first-order chi connectivity index (χ1) is 12.2. The highest BCUT2D eigenvalue weighted by Gasteiger charge is 2.20. The van der Waals surface area contributed by atoms with E-state index in [4.69, 9.17) is 9.47 Å². The van der Waals surface area contributed by atoms with E-state index < -0.39 is 6.09 Å². The molecule has 1 heterocycles. The SMILES string of the molecule is O=C(NCCC#Cc1ccc2c(c1)C(=O)OC2)OCc1ccccc1. The van der Waals surface area contributed by atoms with Gasteiger partial charge in [0.05, 0.1) is 5.56 Å². The van der Waals surface area contributed by atoms with Gasteiger partial charge in [0.1, 0.15) is 13.2 Å². The predicted molar refractivity (Wildman–Crippen MR) is 91.7 cm³/mol. The second-order valence-electron chi connectivity index (χ2n) is 5.49. The molecule has 0 atom stereocenters. The van der Waals surface area contributed by atoms with Crippen molar-refractivity contribution < 1.29 is 19.1 Å². The maximum absolute atomic E-state index is 11.6. The van der Waals surface area contributed by atoms with Gasteiger partial charge in [-0.2, -0.15) is 0 Å². The Morgan fingerprint density at radius 1 is 1.20 bits per heavy atom. The summed E-state index contributed by atoms with van der Waals surface area (Å²) in [5.74, 6) is 5.64. The minimum Gasteiger partial charge on any atom is -0.457 e. The molecule has 1 aliphatic heterocycles. The van der Waals surface area contributed by atoms with Gasteiger partial charge in [0.15, 0.2) is 0 Å². The Morgan fingerprint density at radius 3 is 2.88 bits per heavy atom. The molecule has 1 N–H and O–H groups in total. The minimum atomic E-state index is -0.467. The predicted octanol–water partition coefficient (Wildman–Crippen LogP) is 3.03. The molecule has 0 aliphatic carbocycles. The molecule has 5 nitrogen and oxygen atoms in total. The number of nitrogens with one attached hydrogen (secondary N) is 1. The van der Waals surface area contributed by atoms with E-state index in [0.29, 0.717) is 25.1 Å². The summed E-state index contributed by atoms with van der Waals surface area (Å²) in [7, 11) is 0. The van der Waals surface area contributed by atoms with Gasteiger partial charge >= 0.3 is 12.1 Å². The van der Waals surface area contributed by atoms with Gasteiger partial charge in [0.25, 0.3) is 0 Å². The Kier molecular flexibility index (Phi) is 5.32. The summed E-state index contributed by atoms with van der Waals surface area (Å²) in [4.78, 5) is 23.1. The number of hydrogen-bond donors (Lipinski definition) is 1. The molecule has 0 aromatic heterocycles. The van der Waals surface area contributed by atoms with Crippen LogP contribution in [0.4, 0.5) is 4.79 Å². The van der Waals surface area contributed by atoms with Crippen molar-refractivity contribution in [3.8, 4) is 11.8 Å². The van der Waals surface area contributed by atoms with Crippen LogP contribution < -0.4 is 5.32 Å². The van der Waals surface area contributed by atoms with Crippen molar-refractivity contribution in [1.29, 1.82) is 0 Å². The molecule has 1 amide bonds. The van der Waals surface area contributed by atoms with E-state index in [1.807, 2.05) is 42.5 Å². The lowest BCUT2D eigenvalue weighted by Crippen LogP contribution is -2.24. The van der Waals surface area contributed by atoms with E-state index in [1.165, 1.54) is 0 Å². The molecule has 3 rings (SSSR count). The largest absolute Gasteiger partial charge is 0.457 e. The molecular formula is C20H17NO4. The third-order valence-corrected chi connectivity index (χ3v) is 3.65. The van der Waals surface area contributed by atoms with Crippen LogP contribution >= 0.6 is 0 Å². The van der Waals surface area contributed by atoms with Crippen molar-refractivity contribution in [2.45, 2.75) is 19.6 Å². The molecule has 0 unspecified atom stereocenters. The molecule has 0 saturated carbocycles. The van der Waals surface area contributed by atoms with Crippen LogP contribution in [0.15, 0.2) is 48.5 Å². The third-order valence-electron chi connectivity index (χ3n) is 3.65. The quantitative estimate of drug-likeness (QED) is 0.530. The molecule has 25 heavy (non-hydrogen) atoms. The topological polar surface area (TPSA) is 64.6 Å². The first-order valence-electron chi connectivity index (χ1n) is 7.96. The lowest BCUT2D eigenvalue weighted by Gasteiger charge is -2.05. The number of hydrogen-bond acceptors (Lipinski definition) is 4. The number of rotatable bonds is 4. The molecule has 0 bridgehead atoms. The van der Waals surface area contributed by atoms with Crippen LogP contribution in [0.1, 0.15) is 33.5 Å². The first-order valence-corrected chi connectivity index (χ1v) is 7.96. The Balaban J connectivity index is 1.40. The van der Waals surface area contributed by atoms with Crippen LogP contribution in [0, 0.1) is 11.8 Å². The molecule has 5 heteroatoms. The average molecular weight is 335 g/mol. The molecule has 0 spiro atoms. The number of cyclic esters (lactones) is 1. The molecule has 2 aromatic carbocycles.